The molecule has 0 aliphatic rings. The molecule has 0 radical (unpaired) electrons. The van der Waals surface area contributed by atoms with Crippen LogP contribution in [0.4, 0.5) is 11.4 Å². The Balaban J connectivity index is 0.00000289. The van der Waals surface area contributed by atoms with Crippen LogP contribution in [0.2, 0.25) is 5.02 Å². The molecule has 18 heavy (non-hydrogen) atoms. The standard InChI is InChI=1S/C6H3ClN2O7S.Li/c7-3-1-2-4(8(10)11)6(17(14,15)16)5(3)9(12)13;/h1-2H,(H,14,15,16);/q;+1/p-1. The summed E-state index contributed by atoms with van der Waals surface area (Å²) in [6.07, 6.45) is 0. The van der Waals surface area contributed by atoms with Gasteiger partial charge in [0.2, 0.25) is 4.90 Å². The maximum absolute atomic E-state index is 10.8. The van der Waals surface area contributed by atoms with Crippen molar-refractivity contribution in [3.05, 3.63) is 37.4 Å². The quantitative estimate of drug-likeness (QED) is 0.272. The molecule has 0 aliphatic carbocycles. The van der Waals surface area contributed by atoms with Crippen LogP contribution in [0.5, 0.6) is 0 Å². The van der Waals surface area contributed by atoms with Crippen molar-refractivity contribution in [1.82, 2.24) is 0 Å². The first-order valence-electron chi connectivity index (χ1n) is 3.73. The van der Waals surface area contributed by atoms with E-state index >= 15 is 0 Å². The molecule has 0 aromatic heterocycles. The van der Waals surface area contributed by atoms with Gasteiger partial charge in [-0.2, -0.15) is 0 Å². The van der Waals surface area contributed by atoms with E-state index < -0.39 is 41.3 Å². The van der Waals surface area contributed by atoms with E-state index in [1.165, 1.54) is 0 Å². The van der Waals surface area contributed by atoms with Crippen molar-refractivity contribution in [2.24, 2.45) is 0 Å². The van der Waals surface area contributed by atoms with Crippen LogP contribution < -0.4 is 18.9 Å². The molecular formula is C6H2ClLiN2O7S. The van der Waals surface area contributed by atoms with E-state index in [2.05, 4.69) is 0 Å². The van der Waals surface area contributed by atoms with Crippen LogP contribution in [-0.4, -0.2) is 22.8 Å². The molecule has 0 atom stereocenters. The Morgan fingerprint density at radius 3 is 1.94 bits per heavy atom. The molecule has 0 unspecified atom stereocenters. The van der Waals surface area contributed by atoms with Crippen LogP contribution in [0.1, 0.15) is 0 Å². The van der Waals surface area contributed by atoms with Crippen LogP contribution in [0.3, 0.4) is 0 Å². The Bertz CT molecular complexity index is 617. The van der Waals surface area contributed by atoms with E-state index in [9.17, 15) is 33.2 Å². The van der Waals surface area contributed by atoms with Gasteiger partial charge in [0, 0.05) is 6.07 Å². The Morgan fingerprint density at radius 2 is 1.61 bits per heavy atom. The zero-order valence-corrected chi connectivity index (χ0v) is 10.3. The van der Waals surface area contributed by atoms with Crippen molar-refractivity contribution in [3.63, 3.8) is 0 Å². The molecule has 0 aliphatic heterocycles. The van der Waals surface area contributed by atoms with Gasteiger partial charge in [-0.05, 0) is 6.07 Å². The van der Waals surface area contributed by atoms with Gasteiger partial charge in [0.1, 0.15) is 15.1 Å². The average Bonchev–Trinajstić information content (AvgIpc) is 2.14. The predicted molar refractivity (Wildman–Crippen MR) is 52.7 cm³/mol. The number of halogens is 1. The molecule has 0 heterocycles. The molecule has 1 aromatic carbocycles. The van der Waals surface area contributed by atoms with Crippen molar-refractivity contribution < 1.29 is 41.7 Å². The van der Waals surface area contributed by atoms with Gasteiger partial charge in [-0.15, -0.1) is 0 Å². The molecule has 0 N–H and O–H groups in total. The zero-order valence-electron chi connectivity index (χ0n) is 8.69. The smallest absolute Gasteiger partial charge is 0.744 e. The van der Waals surface area contributed by atoms with Gasteiger partial charge in [-0.25, -0.2) is 8.42 Å². The second-order valence-electron chi connectivity index (χ2n) is 2.71. The first-order valence-corrected chi connectivity index (χ1v) is 5.52. The van der Waals surface area contributed by atoms with Crippen molar-refractivity contribution in [3.8, 4) is 0 Å². The van der Waals surface area contributed by atoms with E-state index in [4.69, 9.17) is 11.6 Å². The number of nitrogens with zero attached hydrogens (tertiary/aromatic N) is 2. The van der Waals surface area contributed by atoms with Crippen LogP contribution >= 0.6 is 11.6 Å². The number of nitro benzene ring substituents is 2. The number of hydrogen-bond acceptors (Lipinski definition) is 7. The molecule has 0 amide bonds. The SMILES string of the molecule is O=[N+]([O-])c1ccc(Cl)c([N+](=O)[O-])c1S(=O)(=O)[O-].[Li+]. The van der Waals surface area contributed by atoms with Gasteiger partial charge in [-0.1, -0.05) is 11.6 Å². The molecule has 0 saturated carbocycles. The molecule has 0 saturated heterocycles. The second-order valence-corrected chi connectivity index (χ2v) is 4.44. The molecule has 92 valence electrons. The van der Waals surface area contributed by atoms with E-state index in [-0.39, 0.29) is 18.9 Å². The van der Waals surface area contributed by atoms with Crippen LogP contribution in [-0.2, 0) is 10.1 Å². The fraction of sp³-hybridized carbons (Fsp3) is 0. The number of hydrogen-bond donors (Lipinski definition) is 0. The van der Waals surface area contributed by atoms with Crippen molar-refractivity contribution in [1.29, 1.82) is 0 Å². The summed E-state index contributed by atoms with van der Waals surface area (Å²) in [6, 6.07) is 1.38. The third-order valence-electron chi connectivity index (χ3n) is 1.69. The molecule has 0 spiro atoms. The van der Waals surface area contributed by atoms with Gasteiger partial charge in [0.05, 0.1) is 9.85 Å². The Morgan fingerprint density at radius 1 is 1.11 bits per heavy atom. The van der Waals surface area contributed by atoms with Gasteiger partial charge < -0.3 is 4.55 Å². The van der Waals surface area contributed by atoms with Gasteiger partial charge in [0.15, 0.2) is 0 Å². The molecule has 1 aromatic rings. The fourth-order valence-corrected chi connectivity index (χ4v) is 2.20. The van der Waals surface area contributed by atoms with Gasteiger partial charge >= 0.3 is 24.5 Å². The van der Waals surface area contributed by atoms with E-state index in [1.807, 2.05) is 0 Å². The second kappa shape index (κ2) is 5.64. The Kier molecular flexibility index (Phi) is 5.27. The minimum Gasteiger partial charge on any atom is -0.744 e. The third-order valence-corrected chi connectivity index (χ3v) is 2.90. The predicted octanol–water partition coefficient (Wildman–Crippen LogP) is -1.94. The summed E-state index contributed by atoms with van der Waals surface area (Å²) in [6.45, 7) is 0. The zero-order chi connectivity index (χ0) is 13.4. The molecule has 0 fully saturated rings. The van der Waals surface area contributed by atoms with Gasteiger partial charge in [0.25, 0.3) is 5.69 Å². The Labute approximate surface area is 117 Å². The first kappa shape index (κ1) is 16.8. The summed E-state index contributed by atoms with van der Waals surface area (Å²) in [7, 11) is -5.39. The van der Waals surface area contributed by atoms with Crippen LogP contribution in [0.15, 0.2) is 17.0 Å². The minimum atomic E-state index is -5.39. The molecule has 0 bridgehead atoms. The summed E-state index contributed by atoms with van der Waals surface area (Å²) in [5, 5.41) is 20.4. The van der Waals surface area contributed by atoms with Crippen LogP contribution in [0.25, 0.3) is 0 Å². The van der Waals surface area contributed by atoms with Gasteiger partial charge in [-0.3, -0.25) is 20.2 Å². The van der Waals surface area contributed by atoms with E-state index in [0.29, 0.717) is 6.07 Å². The summed E-state index contributed by atoms with van der Waals surface area (Å²) in [5.41, 5.74) is -2.48. The first-order chi connectivity index (χ1) is 7.66. The van der Waals surface area contributed by atoms with Crippen molar-refractivity contribution in [2.45, 2.75) is 4.90 Å². The Hall–Kier alpha value is -1.18. The number of benzene rings is 1. The molecule has 12 heteroatoms. The summed E-state index contributed by atoms with van der Waals surface area (Å²) in [5.74, 6) is 0. The summed E-state index contributed by atoms with van der Waals surface area (Å²) < 4.78 is 32.4. The minimum absolute atomic E-state index is 0. The topological polar surface area (TPSA) is 143 Å². The number of nitro groups is 2. The maximum Gasteiger partial charge on any atom is 1.00 e. The number of rotatable bonds is 3. The monoisotopic (exact) mass is 288 g/mol. The van der Waals surface area contributed by atoms with Crippen molar-refractivity contribution >= 4 is 33.1 Å². The van der Waals surface area contributed by atoms with Crippen molar-refractivity contribution in [2.75, 3.05) is 0 Å². The maximum atomic E-state index is 10.8. The fourth-order valence-electron chi connectivity index (χ4n) is 1.10. The largest absolute Gasteiger partial charge is 1.00 e. The average molecular weight is 289 g/mol. The molecular weight excluding hydrogens is 287 g/mol. The molecule has 9 nitrogen and oxygen atoms in total. The normalized spacial score (nSPS) is 10.6. The molecule has 1 rings (SSSR count). The third kappa shape index (κ3) is 3.18. The van der Waals surface area contributed by atoms with E-state index in [1.54, 1.807) is 0 Å². The summed E-state index contributed by atoms with van der Waals surface area (Å²) >= 11 is 5.34. The van der Waals surface area contributed by atoms with Crippen LogP contribution in [0, 0.1) is 20.2 Å². The summed E-state index contributed by atoms with van der Waals surface area (Å²) in [4.78, 5) is 17.0. The van der Waals surface area contributed by atoms with E-state index in [0.717, 1.165) is 6.07 Å².